The van der Waals surface area contributed by atoms with Crippen molar-refractivity contribution in [2.45, 2.75) is 64.1 Å². The number of amides is 1. The molecule has 0 saturated heterocycles. The predicted molar refractivity (Wildman–Crippen MR) is 96.8 cm³/mol. The van der Waals surface area contributed by atoms with Crippen molar-refractivity contribution in [1.82, 2.24) is 15.1 Å². The maximum Gasteiger partial charge on any atom is 0.397 e. The number of halogens is 3. The molecule has 1 aliphatic rings. The quantitative estimate of drug-likeness (QED) is 0.846. The second kappa shape index (κ2) is 7.02. The fourth-order valence-electron chi connectivity index (χ4n) is 3.46. The summed E-state index contributed by atoms with van der Waals surface area (Å²) in [6.45, 7) is 6.43. The van der Waals surface area contributed by atoms with Crippen molar-refractivity contribution in [1.29, 1.82) is 0 Å². The highest BCUT2D eigenvalue weighted by Crippen LogP contribution is 2.32. The van der Waals surface area contributed by atoms with Gasteiger partial charge in [0.05, 0.1) is 17.9 Å². The Bertz CT molecular complexity index is 816. The summed E-state index contributed by atoms with van der Waals surface area (Å²) in [6.07, 6.45) is -2.12. The van der Waals surface area contributed by atoms with Crippen molar-refractivity contribution in [2.24, 2.45) is 0 Å². The van der Waals surface area contributed by atoms with E-state index >= 15 is 0 Å². The Morgan fingerprint density at radius 2 is 1.89 bits per heavy atom. The highest BCUT2D eigenvalue weighted by molar-refractivity contribution is 5.77. The second-order valence-corrected chi connectivity index (χ2v) is 8.06. The lowest BCUT2D eigenvalue weighted by Gasteiger charge is -2.24. The van der Waals surface area contributed by atoms with Gasteiger partial charge in [-0.05, 0) is 42.4 Å². The molecule has 27 heavy (non-hydrogen) atoms. The number of carbonyl (C=O) groups is 1. The molecule has 7 heteroatoms. The van der Waals surface area contributed by atoms with Crippen LogP contribution in [0, 0.1) is 0 Å². The van der Waals surface area contributed by atoms with Crippen LogP contribution < -0.4 is 5.32 Å². The highest BCUT2D eigenvalue weighted by Gasteiger charge is 2.33. The van der Waals surface area contributed by atoms with Gasteiger partial charge in [-0.15, -0.1) is 0 Å². The van der Waals surface area contributed by atoms with Crippen LogP contribution in [0.1, 0.15) is 62.9 Å². The van der Waals surface area contributed by atoms with Gasteiger partial charge >= 0.3 is 6.18 Å². The van der Waals surface area contributed by atoms with Crippen LogP contribution in [0.5, 0.6) is 0 Å². The SMILES string of the molecule is CC(C)(C)c1ccc(-n2ncc3c2CCC[C@H]3NC(=O)CC(F)(F)F)cc1. The number of alkyl halides is 3. The molecular weight excluding hydrogens is 355 g/mol. The van der Waals surface area contributed by atoms with E-state index in [1.165, 1.54) is 5.56 Å². The van der Waals surface area contributed by atoms with Crippen molar-refractivity contribution < 1.29 is 18.0 Å². The van der Waals surface area contributed by atoms with E-state index in [-0.39, 0.29) is 5.41 Å². The minimum Gasteiger partial charge on any atom is -0.349 e. The Balaban J connectivity index is 1.82. The number of carbonyl (C=O) groups excluding carboxylic acids is 1. The number of hydrogen-bond donors (Lipinski definition) is 1. The molecule has 0 spiro atoms. The first kappa shape index (κ1) is 19.5. The van der Waals surface area contributed by atoms with Crippen LogP contribution in [0.3, 0.4) is 0 Å². The normalized spacial score (nSPS) is 17.5. The van der Waals surface area contributed by atoms with Gasteiger partial charge in [-0.25, -0.2) is 4.68 Å². The third-order valence-electron chi connectivity index (χ3n) is 4.86. The summed E-state index contributed by atoms with van der Waals surface area (Å²) in [5.74, 6) is -0.998. The highest BCUT2D eigenvalue weighted by atomic mass is 19.4. The molecule has 0 radical (unpaired) electrons. The van der Waals surface area contributed by atoms with Crippen LogP contribution in [0.2, 0.25) is 0 Å². The average molecular weight is 379 g/mol. The maximum atomic E-state index is 12.4. The molecule has 2 aromatic rings. The Kier molecular flexibility index (Phi) is 5.06. The molecule has 0 aliphatic heterocycles. The van der Waals surface area contributed by atoms with Crippen LogP contribution in [0.25, 0.3) is 5.69 Å². The van der Waals surface area contributed by atoms with E-state index in [2.05, 4.69) is 43.3 Å². The number of aromatic nitrogens is 2. The molecule has 1 heterocycles. The third-order valence-corrected chi connectivity index (χ3v) is 4.86. The van der Waals surface area contributed by atoms with Crippen molar-refractivity contribution in [3.63, 3.8) is 0 Å². The number of hydrogen-bond acceptors (Lipinski definition) is 2. The van der Waals surface area contributed by atoms with E-state index in [0.717, 1.165) is 29.8 Å². The first-order valence-electron chi connectivity index (χ1n) is 9.08. The average Bonchev–Trinajstić information content (AvgIpc) is 2.97. The summed E-state index contributed by atoms with van der Waals surface area (Å²) in [5, 5.41) is 6.95. The fourth-order valence-corrected chi connectivity index (χ4v) is 3.46. The fraction of sp³-hybridized carbons (Fsp3) is 0.500. The number of nitrogens with one attached hydrogen (secondary N) is 1. The molecule has 1 N–H and O–H groups in total. The molecule has 0 bridgehead atoms. The molecule has 1 aliphatic carbocycles. The molecule has 4 nitrogen and oxygen atoms in total. The number of benzene rings is 1. The molecule has 0 fully saturated rings. The second-order valence-electron chi connectivity index (χ2n) is 8.06. The van der Waals surface area contributed by atoms with Gasteiger partial charge in [0.15, 0.2) is 0 Å². The molecule has 146 valence electrons. The van der Waals surface area contributed by atoms with Crippen LogP contribution in [-0.2, 0) is 16.6 Å². The molecule has 3 rings (SSSR count). The Morgan fingerprint density at radius 3 is 2.48 bits per heavy atom. The molecule has 1 amide bonds. The zero-order chi connectivity index (χ0) is 19.8. The van der Waals surface area contributed by atoms with Gasteiger partial charge in [-0.1, -0.05) is 32.9 Å². The largest absolute Gasteiger partial charge is 0.397 e. The Morgan fingerprint density at radius 1 is 1.22 bits per heavy atom. The summed E-state index contributed by atoms with van der Waals surface area (Å²) in [5.41, 5.74) is 3.92. The van der Waals surface area contributed by atoms with E-state index in [4.69, 9.17) is 0 Å². The van der Waals surface area contributed by atoms with Gasteiger partial charge in [0, 0.05) is 11.3 Å². The van der Waals surface area contributed by atoms with Crippen molar-refractivity contribution in [3.05, 3.63) is 47.3 Å². The summed E-state index contributed by atoms with van der Waals surface area (Å²) in [4.78, 5) is 11.7. The minimum absolute atomic E-state index is 0.0515. The molecule has 1 aromatic carbocycles. The van der Waals surface area contributed by atoms with Crippen molar-refractivity contribution >= 4 is 5.91 Å². The van der Waals surface area contributed by atoms with Crippen LogP contribution in [-0.4, -0.2) is 21.9 Å². The first-order chi connectivity index (χ1) is 12.5. The maximum absolute atomic E-state index is 12.4. The minimum atomic E-state index is -4.50. The molecular formula is C20H24F3N3O. The molecule has 1 aromatic heterocycles. The molecule has 1 atom stereocenters. The van der Waals surface area contributed by atoms with Crippen LogP contribution in [0.4, 0.5) is 13.2 Å². The Hall–Kier alpha value is -2.31. The number of nitrogens with zero attached hydrogens (tertiary/aromatic N) is 2. The number of rotatable bonds is 3. The zero-order valence-corrected chi connectivity index (χ0v) is 15.7. The zero-order valence-electron chi connectivity index (χ0n) is 15.7. The lowest BCUT2D eigenvalue weighted by molar-refractivity contribution is -0.154. The topological polar surface area (TPSA) is 46.9 Å². The van der Waals surface area contributed by atoms with E-state index in [1.807, 2.05) is 16.8 Å². The van der Waals surface area contributed by atoms with E-state index in [1.54, 1.807) is 6.20 Å². The van der Waals surface area contributed by atoms with Gasteiger partial charge in [-0.3, -0.25) is 4.79 Å². The van der Waals surface area contributed by atoms with E-state index in [0.29, 0.717) is 6.42 Å². The third kappa shape index (κ3) is 4.51. The van der Waals surface area contributed by atoms with Crippen molar-refractivity contribution in [2.75, 3.05) is 0 Å². The lowest BCUT2D eigenvalue weighted by Crippen LogP contribution is -2.33. The standard InChI is InChI=1S/C20H24F3N3O/c1-19(2,3)13-7-9-14(10-8-13)26-17-6-4-5-16(15(17)12-24-26)25-18(27)11-20(21,22)23/h7-10,12,16H,4-6,11H2,1-3H3,(H,25,27)/t16-/m1/s1. The Labute approximate surface area is 156 Å². The molecule has 0 unspecified atom stereocenters. The van der Waals surface area contributed by atoms with Gasteiger partial charge < -0.3 is 5.32 Å². The van der Waals surface area contributed by atoms with Crippen LogP contribution in [0.15, 0.2) is 30.5 Å². The summed E-state index contributed by atoms with van der Waals surface area (Å²) < 4.78 is 39.1. The number of fused-ring (bicyclic) bond motifs is 1. The van der Waals surface area contributed by atoms with Gasteiger partial charge in [-0.2, -0.15) is 18.3 Å². The first-order valence-corrected chi connectivity index (χ1v) is 9.08. The van der Waals surface area contributed by atoms with E-state index < -0.39 is 24.5 Å². The predicted octanol–water partition coefficient (Wildman–Crippen LogP) is 4.62. The monoisotopic (exact) mass is 379 g/mol. The van der Waals surface area contributed by atoms with Crippen molar-refractivity contribution in [3.8, 4) is 5.69 Å². The summed E-state index contributed by atoms with van der Waals surface area (Å²) in [7, 11) is 0. The lowest BCUT2D eigenvalue weighted by atomic mass is 9.87. The van der Waals surface area contributed by atoms with Gasteiger partial charge in [0.2, 0.25) is 5.91 Å². The van der Waals surface area contributed by atoms with Gasteiger partial charge in [0.1, 0.15) is 6.42 Å². The van der Waals surface area contributed by atoms with Gasteiger partial charge in [0.25, 0.3) is 0 Å². The summed E-state index contributed by atoms with van der Waals surface area (Å²) >= 11 is 0. The van der Waals surface area contributed by atoms with Crippen LogP contribution >= 0.6 is 0 Å². The summed E-state index contributed by atoms with van der Waals surface area (Å²) in [6, 6.07) is 7.70. The smallest absolute Gasteiger partial charge is 0.349 e. The molecule has 0 saturated carbocycles. The van der Waals surface area contributed by atoms with E-state index in [9.17, 15) is 18.0 Å².